The number of carbonyl (C=O) groups excluding carboxylic acids is 2. The molecule has 1 N–H and O–H groups in total. The molecule has 2 amide bonds. The Balaban J connectivity index is 1.61. The van der Waals surface area contributed by atoms with Crippen LogP contribution in [0.4, 0.5) is 0 Å². The minimum absolute atomic E-state index is 0.0218. The number of likely N-dealkylation sites (tertiary alicyclic amines) is 1. The molecule has 0 aromatic heterocycles. The average molecular weight is 398 g/mol. The molecule has 7 nitrogen and oxygen atoms in total. The fourth-order valence-corrected chi connectivity index (χ4v) is 3.50. The quantitative estimate of drug-likeness (QED) is 0.810. The van der Waals surface area contributed by atoms with Crippen LogP contribution < -0.4 is 19.5 Å². The van der Waals surface area contributed by atoms with E-state index in [4.69, 9.17) is 14.2 Å². The lowest BCUT2D eigenvalue weighted by Crippen LogP contribution is -2.46. The summed E-state index contributed by atoms with van der Waals surface area (Å²) in [5, 5.41) is 3.05. The van der Waals surface area contributed by atoms with Crippen molar-refractivity contribution in [1.29, 1.82) is 0 Å². The Morgan fingerprint density at radius 3 is 2.14 bits per heavy atom. The second kappa shape index (κ2) is 9.32. The van der Waals surface area contributed by atoms with Gasteiger partial charge in [0.05, 0.1) is 21.3 Å². The zero-order valence-corrected chi connectivity index (χ0v) is 16.9. The molecule has 7 heteroatoms. The van der Waals surface area contributed by atoms with Gasteiger partial charge in [-0.1, -0.05) is 12.1 Å². The summed E-state index contributed by atoms with van der Waals surface area (Å²) in [5.41, 5.74) is 0.984. The first-order chi connectivity index (χ1) is 14.1. The monoisotopic (exact) mass is 398 g/mol. The molecule has 0 radical (unpaired) electrons. The number of rotatable bonds is 6. The molecule has 0 atom stereocenters. The van der Waals surface area contributed by atoms with Gasteiger partial charge in [-0.25, -0.2) is 0 Å². The predicted molar refractivity (Wildman–Crippen MR) is 109 cm³/mol. The van der Waals surface area contributed by atoms with E-state index < -0.39 is 0 Å². The fourth-order valence-electron chi connectivity index (χ4n) is 3.50. The maximum Gasteiger partial charge on any atom is 0.259 e. The van der Waals surface area contributed by atoms with Gasteiger partial charge < -0.3 is 24.4 Å². The summed E-state index contributed by atoms with van der Waals surface area (Å²) in [6, 6.07) is 12.4. The molecule has 0 unspecified atom stereocenters. The first-order valence-electron chi connectivity index (χ1n) is 9.52. The van der Waals surface area contributed by atoms with Crippen LogP contribution in [0.5, 0.6) is 17.2 Å². The van der Waals surface area contributed by atoms with Crippen molar-refractivity contribution < 1.29 is 23.8 Å². The van der Waals surface area contributed by atoms with Gasteiger partial charge in [0.1, 0.15) is 22.8 Å². The van der Waals surface area contributed by atoms with Crippen LogP contribution >= 0.6 is 0 Å². The number of piperidine rings is 1. The third-order valence-corrected chi connectivity index (χ3v) is 5.09. The number of ether oxygens (including phenoxy) is 3. The van der Waals surface area contributed by atoms with Gasteiger partial charge in [0.25, 0.3) is 11.8 Å². The zero-order valence-electron chi connectivity index (χ0n) is 16.9. The highest BCUT2D eigenvalue weighted by atomic mass is 16.5. The van der Waals surface area contributed by atoms with E-state index in [0.717, 1.165) is 0 Å². The Bertz CT molecular complexity index is 853. The van der Waals surface area contributed by atoms with Gasteiger partial charge in [-0.05, 0) is 43.2 Å². The maximum absolute atomic E-state index is 12.8. The molecular weight excluding hydrogens is 372 g/mol. The minimum Gasteiger partial charge on any atom is -0.497 e. The highest BCUT2D eigenvalue weighted by molar-refractivity contribution is 6.00. The number of hydrogen-bond acceptors (Lipinski definition) is 5. The van der Waals surface area contributed by atoms with E-state index in [1.54, 1.807) is 48.4 Å². The van der Waals surface area contributed by atoms with Gasteiger partial charge in [-0.15, -0.1) is 0 Å². The second-order valence-corrected chi connectivity index (χ2v) is 6.81. The molecule has 3 rings (SSSR count). The van der Waals surface area contributed by atoms with Crippen LogP contribution in [-0.2, 0) is 0 Å². The number of nitrogens with zero attached hydrogens (tertiary/aromatic N) is 1. The Morgan fingerprint density at radius 2 is 1.55 bits per heavy atom. The molecule has 0 bridgehead atoms. The van der Waals surface area contributed by atoms with Crippen LogP contribution in [0.1, 0.15) is 33.6 Å². The summed E-state index contributed by atoms with van der Waals surface area (Å²) in [6.07, 6.45) is 1.36. The smallest absolute Gasteiger partial charge is 0.259 e. The SMILES string of the molecule is COc1cccc(C(=O)N2CCC(NC(=O)c3c(OC)cccc3OC)CC2)c1. The van der Waals surface area contributed by atoms with Crippen LogP contribution in [-0.4, -0.2) is 57.2 Å². The second-order valence-electron chi connectivity index (χ2n) is 6.81. The first-order valence-corrected chi connectivity index (χ1v) is 9.52. The molecule has 2 aromatic carbocycles. The molecule has 0 spiro atoms. The summed E-state index contributed by atoms with van der Waals surface area (Å²) in [4.78, 5) is 27.4. The fraction of sp³-hybridized carbons (Fsp3) is 0.364. The summed E-state index contributed by atoms with van der Waals surface area (Å²) in [5.74, 6) is 1.32. The van der Waals surface area contributed by atoms with E-state index in [0.29, 0.717) is 54.3 Å². The molecule has 0 saturated carbocycles. The molecule has 154 valence electrons. The Morgan fingerprint density at radius 1 is 0.931 bits per heavy atom. The molecule has 1 saturated heterocycles. The molecule has 2 aromatic rings. The number of methoxy groups -OCH3 is 3. The minimum atomic E-state index is -0.239. The van der Waals surface area contributed by atoms with Crippen molar-refractivity contribution in [1.82, 2.24) is 10.2 Å². The summed E-state index contributed by atoms with van der Waals surface area (Å²) in [6.45, 7) is 1.15. The lowest BCUT2D eigenvalue weighted by Gasteiger charge is -2.32. The van der Waals surface area contributed by atoms with Gasteiger partial charge in [0.2, 0.25) is 0 Å². The molecule has 1 aliphatic heterocycles. The van der Waals surface area contributed by atoms with E-state index in [9.17, 15) is 9.59 Å². The predicted octanol–water partition coefficient (Wildman–Crippen LogP) is 2.75. The van der Waals surface area contributed by atoms with Crippen molar-refractivity contribution in [2.24, 2.45) is 0 Å². The van der Waals surface area contributed by atoms with Gasteiger partial charge in [-0.3, -0.25) is 9.59 Å². The normalized spacial score (nSPS) is 14.2. The number of carbonyl (C=O) groups is 2. The van der Waals surface area contributed by atoms with E-state index in [-0.39, 0.29) is 17.9 Å². The zero-order chi connectivity index (χ0) is 20.8. The molecular formula is C22H26N2O5. The highest BCUT2D eigenvalue weighted by Crippen LogP contribution is 2.28. The van der Waals surface area contributed by atoms with Crippen molar-refractivity contribution in [3.63, 3.8) is 0 Å². The lowest BCUT2D eigenvalue weighted by molar-refractivity contribution is 0.0697. The third-order valence-electron chi connectivity index (χ3n) is 5.09. The number of nitrogens with one attached hydrogen (secondary N) is 1. The topological polar surface area (TPSA) is 77.1 Å². The standard InChI is InChI=1S/C22H26N2O5/c1-27-17-7-4-6-15(14-17)22(26)24-12-10-16(11-13-24)23-21(25)20-18(28-2)8-5-9-19(20)29-3/h4-9,14,16H,10-13H2,1-3H3,(H,23,25). The van der Waals surface area contributed by atoms with Crippen LogP contribution in [0.15, 0.2) is 42.5 Å². The molecule has 1 heterocycles. The van der Waals surface area contributed by atoms with Crippen molar-refractivity contribution in [2.75, 3.05) is 34.4 Å². The van der Waals surface area contributed by atoms with Crippen LogP contribution in [0.2, 0.25) is 0 Å². The van der Waals surface area contributed by atoms with E-state index in [1.165, 1.54) is 14.2 Å². The maximum atomic E-state index is 12.8. The first kappa shape index (κ1) is 20.5. The van der Waals surface area contributed by atoms with E-state index in [1.807, 2.05) is 6.07 Å². The van der Waals surface area contributed by atoms with Gasteiger partial charge >= 0.3 is 0 Å². The largest absolute Gasteiger partial charge is 0.497 e. The summed E-state index contributed by atoms with van der Waals surface area (Å²) in [7, 11) is 4.62. The third kappa shape index (κ3) is 4.62. The number of hydrogen-bond donors (Lipinski definition) is 1. The van der Waals surface area contributed by atoms with Crippen LogP contribution in [0.3, 0.4) is 0 Å². The van der Waals surface area contributed by atoms with E-state index >= 15 is 0 Å². The van der Waals surface area contributed by atoms with Crippen LogP contribution in [0, 0.1) is 0 Å². The van der Waals surface area contributed by atoms with Crippen molar-refractivity contribution in [3.8, 4) is 17.2 Å². The highest BCUT2D eigenvalue weighted by Gasteiger charge is 2.27. The number of benzene rings is 2. The summed E-state index contributed by atoms with van der Waals surface area (Å²) < 4.78 is 15.8. The Hall–Kier alpha value is -3.22. The van der Waals surface area contributed by atoms with E-state index in [2.05, 4.69) is 5.32 Å². The van der Waals surface area contributed by atoms with Crippen LogP contribution in [0.25, 0.3) is 0 Å². The molecule has 1 aliphatic rings. The molecule has 0 aliphatic carbocycles. The molecule has 29 heavy (non-hydrogen) atoms. The summed E-state index contributed by atoms with van der Waals surface area (Å²) >= 11 is 0. The van der Waals surface area contributed by atoms with Crippen molar-refractivity contribution >= 4 is 11.8 Å². The average Bonchev–Trinajstić information content (AvgIpc) is 2.78. The van der Waals surface area contributed by atoms with Crippen molar-refractivity contribution in [3.05, 3.63) is 53.6 Å². The van der Waals surface area contributed by atoms with Gasteiger partial charge in [0, 0.05) is 24.7 Å². The molecule has 1 fully saturated rings. The number of amides is 2. The Kier molecular flexibility index (Phi) is 6.59. The van der Waals surface area contributed by atoms with Gasteiger partial charge in [-0.2, -0.15) is 0 Å². The lowest BCUT2D eigenvalue weighted by atomic mass is 10.0. The van der Waals surface area contributed by atoms with Crippen molar-refractivity contribution in [2.45, 2.75) is 18.9 Å². The Labute approximate surface area is 170 Å². The van der Waals surface area contributed by atoms with Gasteiger partial charge in [0.15, 0.2) is 0 Å².